The second kappa shape index (κ2) is 3.71. The summed E-state index contributed by atoms with van der Waals surface area (Å²) in [6, 6.07) is 3.13. The van der Waals surface area contributed by atoms with Gasteiger partial charge in [-0.3, -0.25) is 15.1 Å². The average Bonchev–Trinajstić information content (AvgIpc) is 2.17. The lowest BCUT2D eigenvalue weighted by Gasteiger charge is -2.22. The first-order valence-electron chi connectivity index (χ1n) is 4.18. The summed E-state index contributed by atoms with van der Waals surface area (Å²) in [6.07, 6.45) is 1.86. The van der Waals surface area contributed by atoms with Crippen molar-refractivity contribution < 1.29 is 10.0 Å². The van der Waals surface area contributed by atoms with Crippen molar-refractivity contribution in [3.63, 3.8) is 0 Å². The van der Waals surface area contributed by atoms with Crippen LogP contribution in [0.4, 0.5) is 0 Å². The van der Waals surface area contributed by atoms with Gasteiger partial charge in [0.05, 0.1) is 0 Å². The number of rotatable bonds is 3. The van der Waals surface area contributed by atoms with E-state index in [2.05, 4.69) is 4.98 Å². The van der Waals surface area contributed by atoms with Gasteiger partial charge in [-0.2, -0.15) is 0 Å². The number of nitro groups is 1. The molecule has 1 heterocycles. The summed E-state index contributed by atoms with van der Waals surface area (Å²) < 4.78 is 0. The topological polar surface area (TPSA) is 76.3 Å². The largest absolute Gasteiger partial charge is 0.381 e. The Labute approximate surface area is 81.6 Å². The predicted molar refractivity (Wildman–Crippen MR) is 50.3 cm³/mol. The summed E-state index contributed by atoms with van der Waals surface area (Å²) in [5.74, 6) is 0. The normalized spacial score (nSPS) is 13.6. The van der Waals surface area contributed by atoms with Gasteiger partial charge >= 0.3 is 0 Å². The molecule has 1 unspecified atom stereocenters. The summed E-state index contributed by atoms with van der Waals surface area (Å²) in [7, 11) is 0. The van der Waals surface area contributed by atoms with Gasteiger partial charge in [-0.25, -0.2) is 0 Å². The van der Waals surface area contributed by atoms with Gasteiger partial charge in [0.1, 0.15) is 6.10 Å². The monoisotopic (exact) mass is 196 g/mol. The molecule has 0 radical (unpaired) electrons. The highest BCUT2D eigenvalue weighted by Crippen LogP contribution is 2.27. The third kappa shape index (κ3) is 1.88. The molecule has 1 atom stereocenters. The number of pyridine rings is 1. The SMILES string of the molecule is CC(C)(C(O)c1ccncc1)[N+](=O)[O-]. The zero-order valence-corrected chi connectivity index (χ0v) is 8.04. The van der Waals surface area contributed by atoms with Crippen LogP contribution in [0.15, 0.2) is 24.5 Å². The summed E-state index contributed by atoms with van der Waals surface area (Å²) in [4.78, 5) is 14.0. The molecule has 0 aliphatic heterocycles. The van der Waals surface area contributed by atoms with Crippen LogP contribution >= 0.6 is 0 Å². The van der Waals surface area contributed by atoms with E-state index in [-0.39, 0.29) is 0 Å². The highest BCUT2D eigenvalue weighted by atomic mass is 16.6. The number of aliphatic hydroxyl groups is 1. The molecule has 0 aromatic carbocycles. The van der Waals surface area contributed by atoms with Crippen LogP contribution in [0.3, 0.4) is 0 Å². The van der Waals surface area contributed by atoms with Crippen molar-refractivity contribution in [2.45, 2.75) is 25.5 Å². The molecule has 5 nitrogen and oxygen atoms in total. The lowest BCUT2D eigenvalue weighted by molar-refractivity contribution is -0.575. The molecule has 14 heavy (non-hydrogen) atoms. The van der Waals surface area contributed by atoms with Crippen LogP contribution in [0.2, 0.25) is 0 Å². The molecule has 0 bridgehead atoms. The van der Waals surface area contributed by atoms with Gasteiger partial charge in [-0.1, -0.05) is 0 Å². The van der Waals surface area contributed by atoms with Gasteiger partial charge in [-0.05, 0) is 17.7 Å². The molecule has 0 aliphatic carbocycles. The Hall–Kier alpha value is -1.49. The van der Waals surface area contributed by atoms with Crippen LogP contribution < -0.4 is 0 Å². The fourth-order valence-corrected chi connectivity index (χ4v) is 1.05. The third-order valence-electron chi connectivity index (χ3n) is 2.16. The van der Waals surface area contributed by atoms with Crippen molar-refractivity contribution in [2.24, 2.45) is 0 Å². The molecule has 0 saturated carbocycles. The number of nitrogens with zero attached hydrogens (tertiary/aromatic N) is 2. The Morgan fingerprint density at radius 1 is 1.50 bits per heavy atom. The smallest absolute Gasteiger partial charge is 0.246 e. The van der Waals surface area contributed by atoms with E-state index in [1.165, 1.54) is 26.2 Å². The Balaban J connectivity index is 2.96. The van der Waals surface area contributed by atoms with Crippen LogP contribution in [0, 0.1) is 10.1 Å². The van der Waals surface area contributed by atoms with Crippen LogP contribution in [-0.2, 0) is 0 Å². The maximum absolute atomic E-state index is 10.7. The van der Waals surface area contributed by atoms with Crippen LogP contribution in [0.5, 0.6) is 0 Å². The molecule has 76 valence electrons. The maximum atomic E-state index is 10.7. The molecule has 0 saturated heterocycles. The molecule has 1 aromatic heterocycles. The summed E-state index contributed by atoms with van der Waals surface area (Å²) in [5, 5.41) is 20.4. The Morgan fingerprint density at radius 3 is 2.43 bits per heavy atom. The van der Waals surface area contributed by atoms with Gasteiger partial charge in [0, 0.05) is 31.2 Å². The van der Waals surface area contributed by atoms with Crippen molar-refractivity contribution in [1.29, 1.82) is 0 Å². The van der Waals surface area contributed by atoms with E-state index in [4.69, 9.17) is 0 Å². The second-order valence-corrected chi connectivity index (χ2v) is 3.59. The fraction of sp³-hybridized carbons (Fsp3) is 0.444. The van der Waals surface area contributed by atoms with Gasteiger partial charge in [-0.15, -0.1) is 0 Å². The minimum absolute atomic E-state index is 0.488. The van der Waals surface area contributed by atoms with E-state index >= 15 is 0 Å². The van der Waals surface area contributed by atoms with E-state index < -0.39 is 16.6 Å². The first-order valence-corrected chi connectivity index (χ1v) is 4.18. The van der Waals surface area contributed by atoms with Gasteiger partial charge in [0.15, 0.2) is 0 Å². The first-order chi connectivity index (χ1) is 6.46. The Kier molecular flexibility index (Phi) is 2.81. The first kappa shape index (κ1) is 10.6. The third-order valence-corrected chi connectivity index (χ3v) is 2.16. The van der Waals surface area contributed by atoms with Crippen molar-refractivity contribution in [3.05, 3.63) is 40.2 Å². The Morgan fingerprint density at radius 2 is 2.00 bits per heavy atom. The minimum atomic E-state index is -1.39. The molecular formula is C9H12N2O3. The highest BCUT2D eigenvalue weighted by molar-refractivity contribution is 5.15. The number of hydrogen-bond acceptors (Lipinski definition) is 4. The zero-order valence-electron chi connectivity index (χ0n) is 8.04. The number of aliphatic hydroxyl groups excluding tert-OH is 1. The molecule has 1 aromatic rings. The molecule has 1 rings (SSSR count). The van der Waals surface area contributed by atoms with Crippen LogP contribution in [-0.4, -0.2) is 20.6 Å². The number of aromatic nitrogens is 1. The standard InChI is InChI=1S/C9H12N2O3/c1-9(2,11(13)14)8(12)7-3-5-10-6-4-7/h3-6,8,12H,1-2H3. The van der Waals surface area contributed by atoms with E-state index in [9.17, 15) is 15.2 Å². The molecule has 0 aliphatic rings. The zero-order chi connectivity index (χ0) is 10.8. The van der Waals surface area contributed by atoms with E-state index in [1.54, 1.807) is 12.1 Å². The van der Waals surface area contributed by atoms with Crippen LogP contribution in [0.25, 0.3) is 0 Å². The average molecular weight is 196 g/mol. The van der Waals surface area contributed by atoms with Crippen molar-refractivity contribution >= 4 is 0 Å². The molecular weight excluding hydrogens is 184 g/mol. The lowest BCUT2D eigenvalue weighted by Crippen LogP contribution is -2.38. The fourth-order valence-electron chi connectivity index (χ4n) is 1.05. The summed E-state index contributed by atoms with van der Waals surface area (Å²) in [5.41, 5.74) is -0.886. The lowest BCUT2D eigenvalue weighted by atomic mass is 9.93. The highest BCUT2D eigenvalue weighted by Gasteiger charge is 2.40. The van der Waals surface area contributed by atoms with Gasteiger partial charge in [0.2, 0.25) is 5.54 Å². The van der Waals surface area contributed by atoms with Gasteiger partial charge in [0.25, 0.3) is 0 Å². The second-order valence-electron chi connectivity index (χ2n) is 3.59. The quantitative estimate of drug-likeness (QED) is 0.581. The molecule has 5 heteroatoms. The molecule has 1 N–H and O–H groups in total. The minimum Gasteiger partial charge on any atom is -0.381 e. The summed E-state index contributed by atoms with van der Waals surface area (Å²) in [6.45, 7) is 2.77. The molecule has 0 fully saturated rings. The molecule has 0 spiro atoms. The summed E-state index contributed by atoms with van der Waals surface area (Å²) >= 11 is 0. The Bertz CT molecular complexity index is 324. The van der Waals surface area contributed by atoms with Crippen molar-refractivity contribution in [1.82, 2.24) is 4.98 Å². The van der Waals surface area contributed by atoms with Crippen LogP contribution in [0.1, 0.15) is 25.5 Å². The van der Waals surface area contributed by atoms with E-state index in [0.29, 0.717) is 5.56 Å². The predicted octanol–water partition coefficient (Wildman–Crippen LogP) is 1.17. The van der Waals surface area contributed by atoms with Crippen molar-refractivity contribution in [3.8, 4) is 0 Å². The molecule has 0 amide bonds. The van der Waals surface area contributed by atoms with Crippen molar-refractivity contribution in [2.75, 3.05) is 0 Å². The number of hydrogen-bond donors (Lipinski definition) is 1. The van der Waals surface area contributed by atoms with Gasteiger partial charge < -0.3 is 5.11 Å². The maximum Gasteiger partial charge on any atom is 0.246 e. The van der Waals surface area contributed by atoms with E-state index in [1.807, 2.05) is 0 Å². The van der Waals surface area contributed by atoms with E-state index in [0.717, 1.165) is 0 Å².